The van der Waals surface area contributed by atoms with Crippen molar-refractivity contribution < 1.29 is 20.4 Å². The zero-order chi connectivity index (χ0) is 17.2. The fraction of sp³-hybridized carbons (Fsp3) is 1.00. The van der Waals surface area contributed by atoms with Crippen LogP contribution in [0.1, 0.15) is 71.6 Å². The maximum atomic E-state index is 10.3. The van der Waals surface area contributed by atoms with Gasteiger partial charge in [0.05, 0.1) is 12.2 Å². The minimum absolute atomic E-state index is 0.272. The Hall–Kier alpha value is -0.200. The van der Waals surface area contributed by atoms with Crippen molar-refractivity contribution in [2.75, 3.05) is 13.1 Å². The summed E-state index contributed by atoms with van der Waals surface area (Å²) < 4.78 is 0. The van der Waals surface area contributed by atoms with Crippen LogP contribution in [0.2, 0.25) is 0 Å². The molecule has 4 N–H and O–H groups in total. The van der Waals surface area contributed by atoms with Gasteiger partial charge < -0.3 is 20.4 Å². The van der Waals surface area contributed by atoms with Gasteiger partial charge in [0.25, 0.3) is 0 Å². The molecule has 1 saturated carbocycles. The summed E-state index contributed by atoms with van der Waals surface area (Å²) in [7, 11) is 0. The van der Waals surface area contributed by atoms with Crippen LogP contribution in [0.25, 0.3) is 0 Å². The van der Waals surface area contributed by atoms with Crippen LogP contribution in [0.5, 0.6) is 0 Å². The number of hydrogen-bond donors (Lipinski definition) is 4. The van der Waals surface area contributed by atoms with E-state index in [2.05, 4.69) is 18.7 Å². The van der Waals surface area contributed by atoms with E-state index in [0.29, 0.717) is 6.42 Å². The highest BCUT2D eigenvalue weighted by Gasteiger charge is 2.43. The van der Waals surface area contributed by atoms with Crippen LogP contribution in [0.15, 0.2) is 0 Å². The van der Waals surface area contributed by atoms with Crippen molar-refractivity contribution in [1.82, 2.24) is 4.90 Å². The summed E-state index contributed by atoms with van der Waals surface area (Å²) in [5.74, 6) is 0. The van der Waals surface area contributed by atoms with Crippen molar-refractivity contribution in [2.45, 2.75) is 102 Å². The summed E-state index contributed by atoms with van der Waals surface area (Å²) >= 11 is 0. The molecule has 5 heteroatoms. The van der Waals surface area contributed by atoms with E-state index in [9.17, 15) is 20.4 Å². The zero-order valence-corrected chi connectivity index (χ0v) is 14.9. The Morgan fingerprint density at radius 2 is 1.22 bits per heavy atom. The van der Waals surface area contributed by atoms with E-state index < -0.39 is 24.4 Å². The third kappa shape index (κ3) is 6.67. The second kappa shape index (κ2) is 11.4. The number of aliphatic hydroxyl groups is 4. The summed E-state index contributed by atoms with van der Waals surface area (Å²) in [6.07, 6.45) is 5.11. The second-order valence-corrected chi connectivity index (χ2v) is 7.00. The van der Waals surface area contributed by atoms with Crippen LogP contribution in [-0.2, 0) is 0 Å². The first-order chi connectivity index (χ1) is 11.0. The van der Waals surface area contributed by atoms with Crippen LogP contribution in [-0.4, -0.2) is 68.9 Å². The molecule has 0 radical (unpaired) electrons. The quantitative estimate of drug-likeness (QED) is 0.433. The highest BCUT2D eigenvalue weighted by Crippen LogP contribution is 2.26. The molecular formula is C18H37NO4. The Bertz CT molecular complexity index is 291. The lowest BCUT2D eigenvalue weighted by molar-refractivity contribution is -0.164. The average molecular weight is 331 g/mol. The standard InChI is InChI=1S/C18H37NO4/c1-3-5-7-9-11-19(12-10-8-6-4-2)14-13-15(20)17(22)18(23)16(14)21/h14-18,20-23H,3-13H2,1-2H3/t14-,15-,16+,17+,18+/m1/s1. The number of rotatable bonds is 11. The van der Waals surface area contributed by atoms with E-state index in [4.69, 9.17) is 0 Å². The van der Waals surface area contributed by atoms with E-state index in [-0.39, 0.29) is 6.04 Å². The lowest BCUT2D eigenvalue weighted by Crippen LogP contribution is -2.61. The molecule has 23 heavy (non-hydrogen) atoms. The predicted octanol–water partition coefficient (Wildman–Crippen LogP) is 1.66. The Morgan fingerprint density at radius 3 is 1.70 bits per heavy atom. The van der Waals surface area contributed by atoms with Gasteiger partial charge in [0.15, 0.2) is 0 Å². The molecule has 0 heterocycles. The van der Waals surface area contributed by atoms with Crippen LogP contribution < -0.4 is 0 Å². The van der Waals surface area contributed by atoms with Gasteiger partial charge >= 0.3 is 0 Å². The van der Waals surface area contributed by atoms with Crippen molar-refractivity contribution in [3.8, 4) is 0 Å². The van der Waals surface area contributed by atoms with Crippen LogP contribution >= 0.6 is 0 Å². The molecule has 0 aromatic heterocycles. The van der Waals surface area contributed by atoms with Gasteiger partial charge in [-0.2, -0.15) is 0 Å². The summed E-state index contributed by atoms with van der Waals surface area (Å²) in [5, 5.41) is 40.0. The predicted molar refractivity (Wildman–Crippen MR) is 92.3 cm³/mol. The zero-order valence-electron chi connectivity index (χ0n) is 14.9. The minimum Gasteiger partial charge on any atom is -0.390 e. The minimum atomic E-state index is -1.27. The molecule has 0 spiro atoms. The lowest BCUT2D eigenvalue weighted by atomic mass is 9.84. The van der Waals surface area contributed by atoms with Gasteiger partial charge in [0.2, 0.25) is 0 Å². The molecule has 0 aliphatic heterocycles. The Balaban J connectivity index is 2.60. The Labute approximate surface area is 141 Å². The third-order valence-corrected chi connectivity index (χ3v) is 5.04. The topological polar surface area (TPSA) is 84.2 Å². The Morgan fingerprint density at radius 1 is 0.696 bits per heavy atom. The highest BCUT2D eigenvalue weighted by molar-refractivity contribution is 4.97. The molecule has 1 aliphatic rings. The average Bonchev–Trinajstić information content (AvgIpc) is 2.55. The van der Waals surface area contributed by atoms with Crippen LogP contribution in [0.4, 0.5) is 0 Å². The van der Waals surface area contributed by atoms with Crippen LogP contribution in [0, 0.1) is 0 Å². The van der Waals surface area contributed by atoms with Crippen molar-refractivity contribution in [1.29, 1.82) is 0 Å². The molecule has 0 saturated heterocycles. The maximum absolute atomic E-state index is 10.3. The summed E-state index contributed by atoms with van der Waals surface area (Å²) in [4.78, 5) is 2.22. The normalized spacial score (nSPS) is 31.7. The number of hydrogen-bond acceptors (Lipinski definition) is 5. The van der Waals surface area contributed by atoms with Gasteiger partial charge in [-0.1, -0.05) is 52.4 Å². The van der Waals surface area contributed by atoms with E-state index in [0.717, 1.165) is 25.9 Å². The molecule has 5 atom stereocenters. The third-order valence-electron chi connectivity index (χ3n) is 5.04. The lowest BCUT2D eigenvalue weighted by Gasteiger charge is -2.44. The van der Waals surface area contributed by atoms with Crippen molar-refractivity contribution in [3.63, 3.8) is 0 Å². The van der Waals surface area contributed by atoms with E-state index >= 15 is 0 Å². The molecule has 1 rings (SSSR count). The van der Waals surface area contributed by atoms with Gasteiger partial charge in [-0.3, -0.25) is 4.90 Å². The molecule has 0 unspecified atom stereocenters. The fourth-order valence-electron chi connectivity index (χ4n) is 3.48. The number of nitrogens with zero attached hydrogens (tertiary/aromatic N) is 1. The van der Waals surface area contributed by atoms with E-state index in [1.165, 1.54) is 38.5 Å². The first kappa shape index (κ1) is 20.8. The van der Waals surface area contributed by atoms with Crippen molar-refractivity contribution in [3.05, 3.63) is 0 Å². The maximum Gasteiger partial charge on any atom is 0.110 e. The molecule has 138 valence electrons. The molecule has 5 nitrogen and oxygen atoms in total. The number of aliphatic hydroxyl groups excluding tert-OH is 4. The summed E-state index contributed by atoms with van der Waals surface area (Å²) in [5.41, 5.74) is 0. The monoisotopic (exact) mass is 331 g/mol. The van der Waals surface area contributed by atoms with Gasteiger partial charge in [0.1, 0.15) is 12.2 Å². The van der Waals surface area contributed by atoms with Gasteiger partial charge in [-0.25, -0.2) is 0 Å². The molecule has 1 fully saturated rings. The smallest absolute Gasteiger partial charge is 0.110 e. The molecular weight excluding hydrogens is 294 g/mol. The molecule has 0 aromatic rings. The second-order valence-electron chi connectivity index (χ2n) is 7.00. The largest absolute Gasteiger partial charge is 0.390 e. The van der Waals surface area contributed by atoms with Crippen LogP contribution in [0.3, 0.4) is 0 Å². The number of unbranched alkanes of at least 4 members (excludes halogenated alkanes) is 6. The van der Waals surface area contributed by atoms with E-state index in [1.807, 2.05) is 0 Å². The first-order valence-electron chi connectivity index (χ1n) is 9.49. The van der Waals surface area contributed by atoms with Gasteiger partial charge in [0, 0.05) is 6.04 Å². The molecule has 0 amide bonds. The molecule has 1 aliphatic carbocycles. The van der Waals surface area contributed by atoms with Gasteiger partial charge in [-0.15, -0.1) is 0 Å². The first-order valence-corrected chi connectivity index (χ1v) is 9.49. The van der Waals surface area contributed by atoms with E-state index in [1.54, 1.807) is 0 Å². The van der Waals surface area contributed by atoms with Crippen molar-refractivity contribution >= 4 is 0 Å². The SMILES string of the molecule is CCCCCCN(CCCCCC)[C@@H]1C[C@@H](O)[C@H](O)[C@@H](O)[C@H]1O. The summed E-state index contributed by atoms with van der Waals surface area (Å²) in [6.45, 7) is 6.12. The van der Waals surface area contributed by atoms with Crippen molar-refractivity contribution in [2.24, 2.45) is 0 Å². The molecule has 0 bridgehead atoms. The summed E-state index contributed by atoms with van der Waals surface area (Å²) in [6, 6.07) is -0.272. The highest BCUT2D eigenvalue weighted by atomic mass is 16.4. The van der Waals surface area contributed by atoms with Gasteiger partial charge in [-0.05, 0) is 32.4 Å². The fourth-order valence-corrected chi connectivity index (χ4v) is 3.48. The Kier molecular flexibility index (Phi) is 10.3. The molecule has 0 aromatic carbocycles.